The van der Waals surface area contributed by atoms with Gasteiger partial charge in [-0.1, -0.05) is 27.7 Å². The zero-order chi connectivity index (χ0) is 13.1. The molecule has 96 valence electrons. The highest BCUT2D eigenvalue weighted by Gasteiger charge is 2.09. The predicted molar refractivity (Wildman–Crippen MR) is 70.1 cm³/mol. The van der Waals surface area contributed by atoms with Gasteiger partial charge in [-0.2, -0.15) is 0 Å². The molecule has 1 heterocycles. The van der Waals surface area contributed by atoms with Crippen molar-refractivity contribution in [1.82, 2.24) is 0 Å². The molecule has 3 nitrogen and oxygen atoms in total. The Morgan fingerprint density at radius 3 is 2.18 bits per heavy atom. The second-order valence-electron chi connectivity index (χ2n) is 2.87. The molecule has 0 amide bonds. The largest absolute Gasteiger partial charge is 0.490 e. The van der Waals surface area contributed by atoms with E-state index < -0.39 is 0 Å². The lowest BCUT2D eigenvalue weighted by Crippen LogP contribution is -1.97. The maximum atomic E-state index is 10.5. The van der Waals surface area contributed by atoms with E-state index in [1.807, 2.05) is 27.7 Å². The molecule has 1 aliphatic heterocycles. The summed E-state index contributed by atoms with van der Waals surface area (Å²) in [6, 6.07) is 5.19. The van der Waals surface area contributed by atoms with Gasteiger partial charge >= 0.3 is 0 Å². The molecule has 0 unspecified atom stereocenters. The van der Waals surface area contributed by atoms with Gasteiger partial charge in [-0.3, -0.25) is 4.79 Å². The minimum Gasteiger partial charge on any atom is -0.490 e. The van der Waals surface area contributed by atoms with Crippen molar-refractivity contribution >= 4 is 6.29 Å². The lowest BCUT2D eigenvalue weighted by molar-refractivity contribution is 0.112. The fraction of sp³-hybridized carbons (Fsp3) is 0.500. The van der Waals surface area contributed by atoms with Crippen LogP contribution >= 0.6 is 0 Å². The van der Waals surface area contributed by atoms with Crippen LogP contribution in [0.2, 0.25) is 0 Å². The number of ether oxygens (including phenoxy) is 2. The number of benzene rings is 1. The topological polar surface area (TPSA) is 35.5 Å². The zero-order valence-electron chi connectivity index (χ0n) is 11.2. The standard InChI is InChI=1S/C10H10O3.2C2H6/c11-7-8-2-3-9-10(6-8)13-5-1-4-12-9;2*1-2/h2-3,6-7H,1,4-5H2;2*1-2H3. The van der Waals surface area contributed by atoms with E-state index in [0.29, 0.717) is 24.5 Å². The van der Waals surface area contributed by atoms with Gasteiger partial charge in [-0.05, 0) is 18.2 Å². The van der Waals surface area contributed by atoms with Gasteiger partial charge in [0, 0.05) is 12.0 Å². The molecular formula is C14H22O3. The molecule has 3 heteroatoms. The van der Waals surface area contributed by atoms with Gasteiger partial charge in [0.2, 0.25) is 0 Å². The Balaban J connectivity index is 0.000000581. The Hall–Kier alpha value is -1.51. The Morgan fingerprint density at radius 1 is 1.00 bits per heavy atom. The normalized spacial score (nSPS) is 12.0. The molecule has 0 bridgehead atoms. The molecule has 0 aromatic heterocycles. The number of carbonyl (C=O) groups is 1. The van der Waals surface area contributed by atoms with E-state index in [0.717, 1.165) is 18.5 Å². The van der Waals surface area contributed by atoms with Crippen LogP contribution in [0.15, 0.2) is 18.2 Å². The van der Waals surface area contributed by atoms with Crippen LogP contribution in [0.3, 0.4) is 0 Å². The van der Waals surface area contributed by atoms with Crippen LogP contribution in [0.4, 0.5) is 0 Å². The average molecular weight is 238 g/mol. The van der Waals surface area contributed by atoms with E-state index in [4.69, 9.17) is 9.47 Å². The number of carbonyl (C=O) groups excluding carboxylic acids is 1. The van der Waals surface area contributed by atoms with Crippen molar-refractivity contribution in [2.24, 2.45) is 0 Å². The van der Waals surface area contributed by atoms with Gasteiger partial charge in [0.05, 0.1) is 13.2 Å². The van der Waals surface area contributed by atoms with Crippen LogP contribution < -0.4 is 9.47 Å². The third-order valence-electron chi connectivity index (χ3n) is 1.91. The van der Waals surface area contributed by atoms with Crippen molar-refractivity contribution in [2.45, 2.75) is 34.1 Å². The summed E-state index contributed by atoms with van der Waals surface area (Å²) in [5.41, 5.74) is 0.615. The molecule has 1 aliphatic rings. The van der Waals surface area contributed by atoms with E-state index >= 15 is 0 Å². The SMILES string of the molecule is CC.CC.O=Cc1ccc2c(c1)OCCCO2. The van der Waals surface area contributed by atoms with Crippen LogP contribution in [0.5, 0.6) is 11.5 Å². The van der Waals surface area contributed by atoms with E-state index in [-0.39, 0.29) is 0 Å². The first-order valence-corrected chi connectivity index (χ1v) is 6.25. The summed E-state index contributed by atoms with van der Waals surface area (Å²) >= 11 is 0. The van der Waals surface area contributed by atoms with Crippen molar-refractivity contribution < 1.29 is 14.3 Å². The van der Waals surface area contributed by atoms with Gasteiger partial charge in [-0.25, -0.2) is 0 Å². The van der Waals surface area contributed by atoms with Crippen molar-refractivity contribution in [3.05, 3.63) is 23.8 Å². The van der Waals surface area contributed by atoms with Crippen molar-refractivity contribution in [3.8, 4) is 11.5 Å². The molecule has 17 heavy (non-hydrogen) atoms. The highest BCUT2D eigenvalue weighted by atomic mass is 16.5. The summed E-state index contributed by atoms with van der Waals surface area (Å²) in [5, 5.41) is 0. The van der Waals surface area contributed by atoms with E-state index in [1.165, 1.54) is 0 Å². The highest BCUT2D eigenvalue weighted by molar-refractivity contribution is 5.76. The third kappa shape index (κ3) is 4.89. The molecule has 0 saturated carbocycles. The summed E-state index contributed by atoms with van der Waals surface area (Å²) < 4.78 is 10.8. The monoisotopic (exact) mass is 238 g/mol. The van der Waals surface area contributed by atoms with Crippen molar-refractivity contribution in [1.29, 1.82) is 0 Å². The lowest BCUT2D eigenvalue weighted by Gasteiger charge is -2.06. The van der Waals surface area contributed by atoms with Crippen LogP contribution in [0, 0.1) is 0 Å². The summed E-state index contributed by atoms with van der Waals surface area (Å²) in [7, 11) is 0. The van der Waals surface area contributed by atoms with Crippen molar-refractivity contribution in [2.75, 3.05) is 13.2 Å². The van der Waals surface area contributed by atoms with Crippen LogP contribution in [-0.4, -0.2) is 19.5 Å². The molecule has 0 fully saturated rings. The smallest absolute Gasteiger partial charge is 0.161 e. The quantitative estimate of drug-likeness (QED) is 0.700. The minimum absolute atomic E-state index is 0.615. The summed E-state index contributed by atoms with van der Waals surface area (Å²) in [4.78, 5) is 10.5. The summed E-state index contributed by atoms with van der Waals surface area (Å²) in [6.45, 7) is 9.32. The maximum Gasteiger partial charge on any atom is 0.161 e. The van der Waals surface area contributed by atoms with E-state index in [1.54, 1.807) is 18.2 Å². The molecule has 0 saturated heterocycles. The number of aldehydes is 1. The Bertz CT molecular complexity index is 321. The number of rotatable bonds is 1. The Kier molecular flexibility index (Phi) is 8.84. The van der Waals surface area contributed by atoms with Crippen LogP contribution in [0.1, 0.15) is 44.5 Å². The number of hydrogen-bond acceptors (Lipinski definition) is 3. The highest BCUT2D eigenvalue weighted by Crippen LogP contribution is 2.29. The number of hydrogen-bond donors (Lipinski definition) is 0. The van der Waals surface area contributed by atoms with Gasteiger partial charge in [0.25, 0.3) is 0 Å². The molecule has 1 aromatic carbocycles. The van der Waals surface area contributed by atoms with Gasteiger partial charge in [0.15, 0.2) is 11.5 Å². The lowest BCUT2D eigenvalue weighted by atomic mass is 10.2. The summed E-state index contributed by atoms with van der Waals surface area (Å²) in [5.74, 6) is 1.39. The molecule has 0 N–H and O–H groups in total. The van der Waals surface area contributed by atoms with E-state index in [2.05, 4.69) is 0 Å². The molecule has 0 radical (unpaired) electrons. The van der Waals surface area contributed by atoms with Gasteiger partial charge in [0.1, 0.15) is 6.29 Å². The molecule has 0 atom stereocenters. The van der Waals surface area contributed by atoms with Gasteiger partial charge in [-0.15, -0.1) is 0 Å². The summed E-state index contributed by atoms with van der Waals surface area (Å²) in [6.07, 6.45) is 1.68. The second-order valence-corrected chi connectivity index (χ2v) is 2.87. The molecule has 0 spiro atoms. The molecule has 1 aromatic rings. The fourth-order valence-corrected chi connectivity index (χ4v) is 1.25. The average Bonchev–Trinajstić information content (AvgIpc) is 2.67. The first kappa shape index (κ1) is 15.5. The van der Waals surface area contributed by atoms with Crippen molar-refractivity contribution in [3.63, 3.8) is 0 Å². The number of fused-ring (bicyclic) bond motifs is 1. The zero-order valence-corrected chi connectivity index (χ0v) is 11.2. The van der Waals surface area contributed by atoms with Crippen LogP contribution in [0.25, 0.3) is 0 Å². The predicted octanol–water partition coefficient (Wildman–Crippen LogP) is 3.71. The fourth-order valence-electron chi connectivity index (χ4n) is 1.25. The molecule has 0 aliphatic carbocycles. The second kappa shape index (κ2) is 9.70. The minimum atomic E-state index is 0.615. The Labute approximate surface area is 104 Å². The van der Waals surface area contributed by atoms with E-state index in [9.17, 15) is 4.79 Å². The first-order valence-electron chi connectivity index (χ1n) is 6.25. The van der Waals surface area contributed by atoms with Gasteiger partial charge < -0.3 is 9.47 Å². The first-order chi connectivity index (χ1) is 8.40. The third-order valence-corrected chi connectivity index (χ3v) is 1.91. The Morgan fingerprint density at radius 2 is 1.59 bits per heavy atom. The maximum absolute atomic E-state index is 10.5. The molecule has 2 rings (SSSR count). The molecular weight excluding hydrogens is 216 g/mol. The van der Waals surface area contributed by atoms with Crippen LogP contribution in [-0.2, 0) is 0 Å².